The van der Waals surface area contributed by atoms with E-state index in [1.165, 1.54) is 0 Å². The summed E-state index contributed by atoms with van der Waals surface area (Å²) in [5.74, 6) is 0. The summed E-state index contributed by atoms with van der Waals surface area (Å²) < 4.78 is 5.55. The van der Waals surface area contributed by atoms with Crippen LogP contribution in [0.25, 0.3) is 0 Å². The number of rotatable bonds is 3. The quantitative estimate of drug-likeness (QED) is 0.483. The highest BCUT2D eigenvalue weighted by atomic mass is 32.1. The van der Waals surface area contributed by atoms with E-state index in [2.05, 4.69) is 26.6 Å². The Morgan fingerprint density at radius 1 is 1.40 bits per heavy atom. The monoisotopic (exact) mass is 176 g/mol. The fourth-order valence-corrected chi connectivity index (χ4v) is 2.34. The van der Waals surface area contributed by atoms with Gasteiger partial charge in [-0.05, 0) is 38.3 Å². The molecule has 0 N–H and O–H groups in total. The molecule has 0 amide bonds. The Morgan fingerprint density at radius 3 is 2.20 bits per heavy atom. The molecule has 0 atom stereocenters. The summed E-state index contributed by atoms with van der Waals surface area (Å²) in [7, 11) is -1.40. The van der Waals surface area contributed by atoms with Crippen LogP contribution in [0.5, 0.6) is 0 Å². The molecule has 0 saturated heterocycles. The second kappa shape index (κ2) is 4.08. The van der Waals surface area contributed by atoms with Crippen molar-refractivity contribution in [2.75, 3.05) is 0 Å². The van der Waals surface area contributed by atoms with Crippen LogP contribution in [0.4, 0.5) is 0 Å². The zero-order valence-electron chi connectivity index (χ0n) is 7.23. The minimum atomic E-state index is -1.40. The average molecular weight is 176 g/mol. The largest absolute Gasteiger partial charge is 0.540 e. The van der Waals surface area contributed by atoms with Gasteiger partial charge in [0.15, 0.2) is 0 Å². The van der Waals surface area contributed by atoms with Gasteiger partial charge < -0.3 is 4.43 Å². The van der Waals surface area contributed by atoms with E-state index in [-0.39, 0.29) is 0 Å². The number of hydrogen-bond donors (Lipinski definition) is 0. The molecule has 0 rings (SSSR count). The lowest BCUT2D eigenvalue weighted by molar-refractivity contribution is 0.546. The molecule has 0 aliphatic carbocycles. The van der Waals surface area contributed by atoms with Crippen molar-refractivity contribution in [2.45, 2.75) is 39.4 Å². The molecule has 0 bridgehead atoms. The van der Waals surface area contributed by atoms with Crippen molar-refractivity contribution in [2.24, 2.45) is 0 Å². The number of thiocarbonyl (C=S) groups is 1. The van der Waals surface area contributed by atoms with Crippen molar-refractivity contribution < 1.29 is 4.43 Å². The zero-order valence-corrected chi connectivity index (χ0v) is 9.05. The van der Waals surface area contributed by atoms with Crippen LogP contribution in [-0.2, 0) is 4.43 Å². The van der Waals surface area contributed by atoms with Crippen LogP contribution in [0.2, 0.25) is 19.6 Å². The van der Waals surface area contributed by atoms with Gasteiger partial charge in [-0.15, -0.1) is 0 Å². The molecule has 0 aromatic carbocycles. The van der Waals surface area contributed by atoms with Gasteiger partial charge in [0.1, 0.15) is 5.05 Å². The topological polar surface area (TPSA) is 9.23 Å². The van der Waals surface area contributed by atoms with Gasteiger partial charge in [0.25, 0.3) is 0 Å². The van der Waals surface area contributed by atoms with Crippen molar-refractivity contribution in [3.8, 4) is 0 Å². The van der Waals surface area contributed by atoms with E-state index >= 15 is 0 Å². The van der Waals surface area contributed by atoms with Gasteiger partial charge in [-0.2, -0.15) is 0 Å². The lowest BCUT2D eigenvalue weighted by Gasteiger charge is -2.18. The summed E-state index contributed by atoms with van der Waals surface area (Å²) in [6.45, 7) is 8.55. The lowest BCUT2D eigenvalue weighted by Crippen LogP contribution is -2.28. The van der Waals surface area contributed by atoms with E-state index in [1.54, 1.807) is 0 Å². The van der Waals surface area contributed by atoms with Crippen LogP contribution in [0.3, 0.4) is 0 Å². The molecular formula is C7H16OSSi. The lowest BCUT2D eigenvalue weighted by atomic mass is 10.4. The summed E-state index contributed by atoms with van der Waals surface area (Å²) in [5.41, 5.74) is 0. The Labute approximate surface area is 69.9 Å². The van der Waals surface area contributed by atoms with E-state index in [4.69, 9.17) is 16.6 Å². The van der Waals surface area contributed by atoms with E-state index in [0.717, 1.165) is 17.9 Å². The summed E-state index contributed by atoms with van der Waals surface area (Å²) in [5, 5.41) is 0.793. The third-order valence-corrected chi connectivity index (χ3v) is 2.17. The second-order valence-electron chi connectivity index (χ2n) is 3.34. The molecule has 0 radical (unpaired) electrons. The summed E-state index contributed by atoms with van der Waals surface area (Å²) in [6, 6.07) is 0. The maximum Gasteiger partial charge on any atom is 0.242 e. The minimum Gasteiger partial charge on any atom is -0.540 e. The van der Waals surface area contributed by atoms with Crippen LogP contribution in [0.1, 0.15) is 19.8 Å². The van der Waals surface area contributed by atoms with Crippen molar-refractivity contribution in [1.82, 2.24) is 0 Å². The highest BCUT2D eigenvalue weighted by Crippen LogP contribution is 2.06. The molecule has 0 aromatic rings. The normalized spacial score (nSPS) is 11.2. The molecule has 0 fully saturated rings. The van der Waals surface area contributed by atoms with Gasteiger partial charge in [0, 0.05) is 6.42 Å². The van der Waals surface area contributed by atoms with E-state index in [0.29, 0.717) is 0 Å². The molecule has 0 unspecified atom stereocenters. The molecule has 0 aromatic heterocycles. The molecule has 3 heteroatoms. The Bertz CT molecular complexity index is 117. The van der Waals surface area contributed by atoms with Crippen molar-refractivity contribution in [1.29, 1.82) is 0 Å². The highest BCUT2D eigenvalue weighted by molar-refractivity contribution is 7.80. The third kappa shape index (κ3) is 6.23. The second-order valence-corrected chi connectivity index (χ2v) is 8.22. The fourth-order valence-electron chi connectivity index (χ4n) is 0.597. The highest BCUT2D eigenvalue weighted by Gasteiger charge is 2.16. The average Bonchev–Trinajstić information content (AvgIpc) is 1.59. The zero-order chi connectivity index (χ0) is 8.20. The maximum atomic E-state index is 5.55. The van der Waals surface area contributed by atoms with Crippen molar-refractivity contribution in [3.05, 3.63) is 0 Å². The molecule has 10 heavy (non-hydrogen) atoms. The predicted octanol–water partition coefficient (Wildman–Crippen LogP) is 2.97. The van der Waals surface area contributed by atoms with Crippen LogP contribution >= 0.6 is 12.2 Å². The van der Waals surface area contributed by atoms with Gasteiger partial charge in [0.2, 0.25) is 8.32 Å². The predicted molar refractivity (Wildman–Crippen MR) is 51.9 cm³/mol. The van der Waals surface area contributed by atoms with Gasteiger partial charge in [-0.1, -0.05) is 6.92 Å². The minimum absolute atomic E-state index is 0.793. The van der Waals surface area contributed by atoms with Gasteiger partial charge in [-0.25, -0.2) is 0 Å². The molecule has 60 valence electrons. The summed E-state index contributed by atoms with van der Waals surface area (Å²) >= 11 is 5.01. The maximum absolute atomic E-state index is 5.55. The Hall–Kier alpha value is 0.107. The van der Waals surface area contributed by atoms with E-state index < -0.39 is 8.32 Å². The SMILES string of the molecule is CCCC(=S)O[Si](C)(C)C. The Morgan fingerprint density at radius 2 is 1.90 bits per heavy atom. The van der Waals surface area contributed by atoms with Crippen molar-refractivity contribution >= 4 is 25.6 Å². The van der Waals surface area contributed by atoms with Crippen LogP contribution in [0.15, 0.2) is 0 Å². The molecular weight excluding hydrogens is 160 g/mol. The van der Waals surface area contributed by atoms with E-state index in [1.807, 2.05) is 0 Å². The van der Waals surface area contributed by atoms with Gasteiger partial charge >= 0.3 is 0 Å². The molecule has 0 spiro atoms. The molecule has 0 heterocycles. The van der Waals surface area contributed by atoms with Gasteiger partial charge in [0.05, 0.1) is 0 Å². The smallest absolute Gasteiger partial charge is 0.242 e. The van der Waals surface area contributed by atoms with Gasteiger partial charge in [-0.3, -0.25) is 0 Å². The van der Waals surface area contributed by atoms with Crippen LogP contribution < -0.4 is 0 Å². The molecule has 0 aliphatic rings. The molecule has 0 saturated carbocycles. The molecule has 1 nitrogen and oxygen atoms in total. The number of hydrogen-bond acceptors (Lipinski definition) is 2. The van der Waals surface area contributed by atoms with Crippen molar-refractivity contribution in [3.63, 3.8) is 0 Å². The fraction of sp³-hybridized carbons (Fsp3) is 0.857. The van der Waals surface area contributed by atoms with Crippen LogP contribution in [0, 0.1) is 0 Å². The first-order valence-electron chi connectivity index (χ1n) is 3.67. The Kier molecular flexibility index (Phi) is 4.13. The summed E-state index contributed by atoms with van der Waals surface area (Å²) in [6.07, 6.45) is 2.02. The third-order valence-electron chi connectivity index (χ3n) is 0.874. The summed E-state index contributed by atoms with van der Waals surface area (Å²) in [4.78, 5) is 0. The standard InChI is InChI=1S/C7H16OSSi/c1-5-6-7(9)8-10(2,3)4/h5-6H2,1-4H3. The van der Waals surface area contributed by atoms with E-state index in [9.17, 15) is 0 Å². The van der Waals surface area contributed by atoms with Crippen LogP contribution in [-0.4, -0.2) is 13.4 Å². The first-order chi connectivity index (χ1) is 4.45. The first kappa shape index (κ1) is 10.1. The first-order valence-corrected chi connectivity index (χ1v) is 7.49. The Balaban J connectivity index is 3.58. The molecule has 0 aliphatic heterocycles.